The number of carbonyl (C=O) groups is 1. The van der Waals surface area contributed by atoms with E-state index in [0.717, 1.165) is 16.4 Å². The number of ether oxygens (including phenoxy) is 3. The van der Waals surface area contributed by atoms with Crippen molar-refractivity contribution in [1.29, 1.82) is 0 Å². The van der Waals surface area contributed by atoms with Crippen LogP contribution < -0.4 is 14.2 Å². The molecule has 6 heteroatoms. The molecule has 1 aliphatic rings. The average molecular weight is 358 g/mol. The van der Waals surface area contributed by atoms with Gasteiger partial charge in [0.25, 0.3) is 0 Å². The molecule has 0 atom stereocenters. The van der Waals surface area contributed by atoms with Gasteiger partial charge in [0.15, 0.2) is 17.3 Å². The van der Waals surface area contributed by atoms with E-state index in [0.29, 0.717) is 29.2 Å². The minimum absolute atomic E-state index is 0.0250. The van der Waals surface area contributed by atoms with Crippen molar-refractivity contribution >= 4 is 23.6 Å². The van der Waals surface area contributed by atoms with Crippen LogP contribution in [0.2, 0.25) is 0 Å². The fourth-order valence-corrected chi connectivity index (χ4v) is 3.35. The Bertz CT molecular complexity index is 829. The number of allylic oxidation sites excluding steroid dienone is 1. The van der Waals surface area contributed by atoms with E-state index in [-0.39, 0.29) is 11.5 Å². The maximum atomic E-state index is 12.6. The first-order valence-corrected chi connectivity index (χ1v) is 8.68. The van der Waals surface area contributed by atoms with Gasteiger partial charge in [-0.05, 0) is 29.8 Å². The molecule has 3 rings (SSSR count). The number of rotatable bonds is 5. The van der Waals surface area contributed by atoms with Gasteiger partial charge in [0.1, 0.15) is 11.5 Å². The van der Waals surface area contributed by atoms with E-state index in [1.54, 1.807) is 42.1 Å². The summed E-state index contributed by atoms with van der Waals surface area (Å²) in [6.07, 6.45) is 3.10. The lowest BCUT2D eigenvalue weighted by molar-refractivity contribution is 0.104. The molecule has 1 aliphatic heterocycles. The molecule has 0 radical (unpaired) electrons. The smallest absolute Gasteiger partial charge is 0.189 e. The first-order chi connectivity index (χ1) is 12.1. The molecule has 1 N–H and O–H groups in total. The quantitative estimate of drug-likeness (QED) is 0.648. The van der Waals surface area contributed by atoms with Crippen molar-refractivity contribution in [2.24, 2.45) is 0 Å². The fraction of sp³-hybridized carbons (Fsp3) is 0.211. The number of fused-ring (bicyclic) bond motifs is 1. The first kappa shape index (κ1) is 17.2. The number of ketones is 1. The van der Waals surface area contributed by atoms with Gasteiger partial charge < -0.3 is 19.3 Å². The number of hydrogen-bond donors (Lipinski definition) is 1. The van der Waals surface area contributed by atoms with Gasteiger partial charge >= 0.3 is 0 Å². The van der Waals surface area contributed by atoms with Gasteiger partial charge in [0, 0.05) is 11.8 Å². The van der Waals surface area contributed by atoms with Gasteiger partial charge in [-0.3, -0.25) is 4.79 Å². The third-order valence-corrected chi connectivity index (χ3v) is 4.76. The van der Waals surface area contributed by atoms with Crippen molar-refractivity contribution in [3.8, 4) is 23.0 Å². The molecular formula is C19H18O5S. The third kappa shape index (κ3) is 3.74. The molecule has 2 aromatic rings. The van der Waals surface area contributed by atoms with E-state index in [1.807, 2.05) is 0 Å². The Kier molecular flexibility index (Phi) is 5.19. The molecule has 5 nitrogen and oxygen atoms in total. The number of benzene rings is 2. The molecule has 0 spiro atoms. The first-order valence-electron chi connectivity index (χ1n) is 7.69. The Balaban J connectivity index is 1.86. The van der Waals surface area contributed by atoms with Crippen molar-refractivity contribution in [1.82, 2.24) is 0 Å². The van der Waals surface area contributed by atoms with Crippen molar-refractivity contribution in [3.63, 3.8) is 0 Å². The highest BCUT2D eigenvalue weighted by Gasteiger charge is 2.18. The zero-order valence-corrected chi connectivity index (χ0v) is 14.8. The largest absolute Gasteiger partial charge is 0.504 e. The highest BCUT2D eigenvalue weighted by molar-refractivity contribution is 7.99. The minimum Gasteiger partial charge on any atom is -0.504 e. The van der Waals surface area contributed by atoms with Gasteiger partial charge in [-0.2, -0.15) is 0 Å². The second-order valence-corrected chi connectivity index (χ2v) is 6.46. The van der Waals surface area contributed by atoms with E-state index >= 15 is 0 Å². The predicted octanol–water partition coefficient (Wildman–Crippen LogP) is 3.79. The molecule has 130 valence electrons. The van der Waals surface area contributed by atoms with Gasteiger partial charge in [0.2, 0.25) is 0 Å². The van der Waals surface area contributed by atoms with Crippen LogP contribution in [0.5, 0.6) is 23.0 Å². The predicted molar refractivity (Wildman–Crippen MR) is 97.2 cm³/mol. The highest BCUT2D eigenvalue weighted by atomic mass is 32.2. The summed E-state index contributed by atoms with van der Waals surface area (Å²) in [4.78, 5) is 13.5. The van der Waals surface area contributed by atoms with E-state index in [4.69, 9.17) is 14.2 Å². The number of thioether (sulfide) groups is 1. The number of phenols is 1. The van der Waals surface area contributed by atoms with Crippen molar-refractivity contribution in [3.05, 3.63) is 47.5 Å². The van der Waals surface area contributed by atoms with Crippen LogP contribution in [0.4, 0.5) is 0 Å². The van der Waals surface area contributed by atoms with Crippen LogP contribution in [0.25, 0.3) is 6.08 Å². The Morgan fingerprint density at radius 2 is 2.00 bits per heavy atom. The summed E-state index contributed by atoms with van der Waals surface area (Å²) in [6.45, 7) is 0.648. The molecular weight excluding hydrogens is 340 g/mol. The number of aromatic hydroxyl groups is 1. The molecule has 0 saturated carbocycles. The standard InChI is InChI=1S/C19H18O5S/c1-22-16-6-4-12(9-15(16)21)3-5-14(20)13-10-19-18(11-17(13)23-2)24-7-8-25-19/h3-6,9-11,21H,7-8H2,1-2H3. The second-order valence-electron chi connectivity index (χ2n) is 5.33. The van der Waals surface area contributed by atoms with E-state index in [2.05, 4.69) is 0 Å². The Morgan fingerprint density at radius 3 is 2.72 bits per heavy atom. The lowest BCUT2D eigenvalue weighted by Crippen LogP contribution is -2.08. The zero-order valence-electron chi connectivity index (χ0n) is 13.9. The monoisotopic (exact) mass is 358 g/mol. The number of carbonyl (C=O) groups excluding carboxylic acids is 1. The summed E-state index contributed by atoms with van der Waals surface area (Å²) in [5.74, 6) is 2.31. The molecule has 0 aliphatic carbocycles. The summed E-state index contributed by atoms with van der Waals surface area (Å²) in [5.41, 5.74) is 1.18. The maximum absolute atomic E-state index is 12.6. The summed E-state index contributed by atoms with van der Waals surface area (Å²) in [6, 6.07) is 8.50. The molecule has 25 heavy (non-hydrogen) atoms. The number of phenolic OH excluding ortho intramolecular Hbond substituents is 1. The molecule has 0 aromatic heterocycles. The Hall–Kier alpha value is -2.60. The van der Waals surface area contributed by atoms with Crippen LogP contribution in [0.15, 0.2) is 41.3 Å². The topological polar surface area (TPSA) is 65.0 Å². The minimum atomic E-state index is -0.180. The molecule has 0 saturated heterocycles. The number of methoxy groups -OCH3 is 2. The molecule has 0 unspecified atom stereocenters. The van der Waals surface area contributed by atoms with E-state index in [1.165, 1.54) is 26.4 Å². The molecule has 1 heterocycles. The zero-order chi connectivity index (χ0) is 17.8. The summed E-state index contributed by atoms with van der Waals surface area (Å²) in [7, 11) is 3.01. The molecule has 0 bridgehead atoms. The normalized spacial score (nSPS) is 13.2. The van der Waals surface area contributed by atoms with E-state index in [9.17, 15) is 9.90 Å². The molecule has 0 amide bonds. The number of hydrogen-bond acceptors (Lipinski definition) is 6. The van der Waals surface area contributed by atoms with Crippen LogP contribution in [-0.4, -0.2) is 37.5 Å². The van der Waals surface area contributed by atoms with Gasteiger partial charge in [-0.25, -0.2) is 0 Å². The second kappa shape index (κ2) is 7.53. The average Bonchev–Trinajstić information content (AvgIpc) is 2.65. The van der Waals surface area contributed by atoms with Crippen molar-refractivity contribution in [2.45, 2.75) is 4.90 Å². The van der Waals surface area contributed by atoms with Gasteiger partial charge in [-0.1, -0.05) is 12.1 Å². The van der Waals surface area contributed by atoms with Gasteiger partial charge in [-0.15, -0.1) is 11.8 Å². The Labute approximate surface area is 150 Å². The molecule has 0 fully saturated rings. The lowest BCUT2D eigenvalue weighted by atomic mass is 10.1. The van der Waals surface area contributed by atoms with E-state index < -0.39 is 0 Å². The van der Waals surface area contributed by atoms with Crippen LogP contribution >= 0.6 is 11.8 Å². The summed E-state index contributed by atoms with van der Waals surface area (Å²) < 4.78 is 15.9. The third-order valence-electron chi connectivity index (χ3n) is 3.76. The van der Waals surface area contributed by atoms with Crippen LogP contribution in [0, 0.1) is 0 Å². The van der Waals surface area contributed by atoms with Gasteiger partial charge in [0.05, 0.1) is 31.3 Å². The SMILES string of the molecule is COc1ccc(C=CC(=O)c2cc3c(cc2OC)OCCS3)cc1O. The van der Waals surface area contributed by atoms with Crippen LogP contribution in [0.1, 0.15) is 15.9 Å². The van der Waals surface area contributed by atoms with Crippen molar-refractivity contribution < 1.29 is 24.1 Å². The summed E-state index contributed by atoms with van der Waals surface area (Å²) in [5, 5.41) is 9.81. The molecule has 2 aromatic carbocycles. The Morgan fingerprint density at radius 1 is 1.20 bits per heavy atom. The van der Waals surface area contributed by atoms with Crippen LogP contribution in [-0.2, 0) is 0 Å². The maximum Gasteiger partial charge on any atom is 0.189 e. The lowest BCUT2D eigenvalue weighted by Gasteiger charge is -2.18. The highest BCUT2D eigenvalue weighted by Crippen LogP contribution is 2.38. The van der Waals surface area contributed by atoms with Crippen molar-refractivity contribution in [2.75, 3.05) is 26.6 Å². The summed E-state index contributed by atoms with van der Waals surface area (Å²) >= 11 is 1.66. The fourth-order valence-electron chi connectivity index (χ4n) is 2.50. The van der Waals surface area contributed by atoms with Crippen LogP contribution in [0.3, 0.4) is 0 Å².